The van der Waals surface area contributed by atoms with E-state index in [9.17, 15) is 0 Å². The first kappa shape index (κ1) is 16.4. The molecule has 0 radical (unpaired) electrons. The predicted molar refractivity (Wildman–Crippen MR) is 87.6 cm³/mol. The Labute approximate surface area is 123 Å². The van der Waals surface area contributed by atoms with E-state index < -0.39 is 0 Å². The van der Waals surface area contributed by atoms with Crippen LogP contribution in [0.3, 0.4) is 0 Å². The lowest BCUT2D eigenvalue weighted by Crippen LogP contribution is -2.39. The first-order valence-corrected chi connectivity index (χ1v) is 7.36. The molecule has 0 aliphatic carbocycles. The van der Waals surface area contributed by atoms with Crippen LogP contribution >= 0.6 is 0 Å². The zero-order valence-corrected chi connectivity index (χ0v) is 13.6. The summed E-state index contributed by atoms with van der Waals surface area (Å²) in [4.78, 5) is 4.68. The average Bonchev–Trinajstić information content (AvgIpc) is 2.35. The molecule has 1 aromatic carbocycles. The van der Waals surface area contributed by atoms with Crippen molar-refractivity contribution >= 4 is 11.7 Å². The van der Waals surface area contributed by atoms with Gasteiger partial charge in [-0.15, -0.1) is 0 Å². The van der Waals surface area contributed by atoms with E-state index in [4.69, 9.17) is 0 Å². The Morgan fingerprint density at radius 3 is 2.15 bits per heavy atom. The minimum Gasteiger partial charge on any atom is -0.273 e. The third-order valence-electron chi connectivity index (χ3n) is 2.84. The van der Waals surface area contributed by atoms with Gasteiger partial charge < -0.3 is 0 Å². The minimum absolute atomic E-state index is 0.366. The van der Waals surface area contributed by atoms with Crippen LogP contribution in [0.1, 0.15) is 47.1 Å². The van der Waals surface area contributed by atoms with E-state index in [0.29, 0.717) is 12.1 Å². The van der Waals surface area contributed by atoms with E-state index >= 15 is 0 Å². The summed E-state index contributed by atoms with van der Waals surface area (Å²) in [7, 11) is 0. The fourth-order valence-electron chi connectivity index (χ4n) is 1.93. The van der Waals surface area contributed by atoms with Gasteiger partial charge in [-0.05, 0) is 47.1 Å². The van der Waals surface area contributed by atoms with Gasteiger partial charge in [-0.25, -0.2) is 0 Å². The van der Waals surface area contributed by atoms with Crippen LogP contribution in [0.5, 0.6) is 0 Å². The van der Waals surface area contributed by atoms with Crippen molar-refractivity contribution < 1.29 is 4.58 Å². The molecule has 0 aromatic heterocycles. The quantitative estimate of drug-likeness (QED) is 0.508. The second kappa shape index (κ2) is 7.83. The summed E-state index contributed by atoms with van der Waals surface area (Å²) < 4.78 is 2.31. The Hall–Kier alpha value is -1.64. The number of guanidine groups is 1. The van der Waals surface area contributed by atoms with Crippen LogP contribution in [-0.2, 0) is 6.54 Å². The van der Waals surface area contributed by atoms with E-state index in [1.807, 2.05) is 13.8 Å². The zero-order valence-electron chi connectivity index (χ0n) is 13.6. The number of aliphatic imine (C=N–C) groups is 1. The topological polar surface area (TPSA) is 27.4 Å². The molecule has 20 heavy (non-hydrogen) atoms. The molecule has 0 aliphatic rings. The lowest BCUT2D eigenvalue weighted by atomic mass is 10.2. The van der Waals surface area contributed by atoms with Crippen LogP contribution < -0.4 is 5.32 Å². The normalized spacial score (nSPS) is 12.4. The number of nitrogens with zero attached hydrogens (tertiary/aromatic N) is 2. The molecular formula is C17H28N3+. The maximum absolute atomic E-state index is 4.68. The van der Waals surface area contributed by atoms with Crippen LogP contribution in [0.2, 0.25) is 0 Å². The maximum atomic E-state index is 4.68. The molecule has 0 unspecified atom stereocenters. The van der Waals surface area contributed by atoms with Gasteiger partial charge in [0.15, 0.2) is 0 Å². The lowest BCUT2D eigenvalue weighted by molar-refractivity contribution is -0.576. The second-order valence-corrected chi connectivity index (χ2v) is 5.89. The monoisotopic (exact) mass is 274 g/mol. The van der Waals surface area contributed by atoms with Crippen LogP contribution in [0.4, 0.5) is 0 Å². The molecule has 0 aliphatic heterocycles. The lowest BCUT2D eigenvalue weighted by Gasteiger charge is -2.16. The molecule has 1 aromatic rings. The molecule has 3 nitrogen and oxygen atoms in total. The summed E-state index contributed by atoms with van der Waals surface area (Å²) in [6.45, 7) is 13.6. The fourth-order valence-corrected chi connectivity index (χ4v) is 1.93. The Morgan fingerprint density at radius 2 is 1.70 bits per heavy atom. The maximum Gasteiger partial charge on any atom is 0.387 e. The molecule has 0 fully saturated rings. The fraction of sp³-hybridized carbons (Fsp3) is 0.529. The van der Waals surface area contributed by atoms with Gasteiger partial charge in [0.05, 0.1) is 24.3 Å². The summed E-state index contributed by atoms with van der Waals surface area (Å²) in [5, 5.41) is 3.47. The van der Waals surface area contributed by atoms with Crippen LogP contribution in [0.15, 0.2) is 35.3 Å². The van der Waals surface area contributed by atoms with E-state index in [2.05, 4.69) is 72.9 Å². The van der Waals surface area contributed by atoms with Gasteiger partial charge in [-0.3, -0.25) is 9.89 Å². The van der Waals surface area contributed by atoms with E-state index in [-0.39, 0.29) is 0 Å². The molecule has 0 atom stereocenters. The standard InChI is InChI=1S/C17H27N3/c1-13(2)18-17(19-14(3)4)20(15(5)6)12-16-10-8-7-9-11-16/h7-11,13,15H,12H2,1-6H3/p+1. The van der Waals surface area contributed by atoms with E-state index in [1.54, 1.807) is 0 Å². The molecule has 0 saturated heterocycles. The molecular weight excluding hydrogens is 246 g/mol. The van der Waals surface area contributed by atoms with Crippen molar-refractivity contribution in [3.8, 4) is 0 Å². The van der Waals surface area contributed by atoms with Crippen molar-refractivity contribution in [1.82, 2.24) is 5.32 Å². The van der Waals surface area contributed by atoms with Crippen molar-refractivity contribution in [2.24, 2.45) is 4.99 Å². The van der Waals surface area contributed by atoms with Crippen molar-refractivity contribution in [1.29, 1.82) is 0 Å². The molecule has 1 rings (SSSR count). The van der Waals surface area contributed by atoms with E-state index in [1.165, 1.54) is 5.56 Å². The molecule has 0 saturated carbocycles. The summed E-state index contributed by atoms with van der Waals surface area (Å²) in [6.07, 6.45) is 0. The van der Waals surface area contributed by atoms with E-state index in [0.717, 1.165) is 18.2 Å². The van der Waals surface area contributed by atoms with Gasteiger partial charge in [0, 0.05) is 0 Å². The van der Waals surface area contributed by atoms with Crippen molar-refractivity contribution in [3.05, 3.63) is 35.9 Å². The average molecular weight is 274 g/mol. The molecule has 0 heterocycles. The van der Waals surface area contributed by atoms with Crippen LogP contribution in [0, 0.1) is 0 Å². The van der Waals surface area contributed by atoms with Gasteiger partial charge in [-0.1, -0.05) is 35.3 Å². The summed E-state index contributed by atoms with van der Waals surface area (Å²) in [6, 6.07) is 11.3. The van der Waals surface area contributed by atoms with Gasteiger partial charge >= 0.3 is 5.96 Å². The SMILES string of the molecule is CC(C)=NC(NC(C)C)=[N+](Cc1ccccc1)C(C)C. The van der Waals surface area contributed by atoms with Crippen molar-refractivity contribution in [2.45, 2.75) is 60.2 Å². The first-order chi connectivity index (χ1) is 9.40. The highest BCUT2D eigenvalue weighted by Gasteiger charge is 2.17. The largest absolute Gasteiger partial charge is 0.387 e. The highest BCUT2D eigenvalue weighted by molar-refractivity contribution is 5.92. The van der Waals surface area contributed by atoms with Crippen LogP contribution in [-0.4, -0.2) is 28.3 Å². The molecule has 3 heteroatoms. The minimum atomic E-state index is 0.366. The Kier molecular flexibility index (Phi) is 6.43. The first-order valence-electron chi connectivity index (χ1n) is 7.36. The molecule has 0 amide bonds. The number of hydrogen-bond acceptors (Lipinski definition) is 0. The summed E-state index contributed by atoms with van der Waals surface area (Å²) >= 11 is 0. The van der Waals surface area contributed by atoms with Gasteiger partial charge in [0.1, 0.15) is 0 Å². The van der Waals surface area contributed by atoms with Crippen LogP contribution in [0.25, 0.3) is 0 Å². The Morgan fingerprint density at radius 1 is 1.10 bits per heavy atom. The third kappa shape index (κ3) is 5.55. The molecule has 0 bridgehead atoms. The third-order valence-corrected chi connectivity index (χ3v) is 2.84. The zero-order chi connectivity index (χ0) is 15.1. The van der Waals surface area contributed by atoms with Crippen molar-refractivity contribution in [3.63, 3.8) is 0 Å². The number of nitrogens with one attached hydrogen (secondary N) is 1. The molecule has 1 N–H and O–H groups in total. The number of rotatable bonds is 4. The van der Waals surface area contributed by atoms with Gasteiger partial charge in [0.2, 0.25) is 0 Å². The number of benzene rings is 1. The van der Waals surface area contributed by atoms with Gasteiger partial charge in [0.25, 0.3) is 0 Å². The second-order valence-electron chi connectivity index (χ2n) is 5.89. The number of hydrogen-bond donors (Lipinski definition) is 1. The predicted octanol–water partition coefficient (Wildman–Crippen LogP) is 3.44. The smallest absolute Gasteiger partial charge is 0.273 e. The Balaban J connectivity index is 3.16. The summed E-state index contributed by atoms with van der Waals surface area (Å²) in [5.74, 6) is 0.957. The summed E-state index contributed by atoms with van der Waals surface area (Å²) in [5.41, 5.74) is 2.36. The highest BCUT2D eigenvalue weighted by atomic mass is 15.2. The Bertz CT molecular complexity index is 466. The highest BCUT2D eigenvalue weighted by Crippen LogP contribution is 2.04. The van der Waals surface area contributed by atoms with Gasteiger partial charge in [-0.2, -0.15) is 0 Å². The molecule has 0 spiro atoms. The molecule has 110 valence electrons. The van der Waals surface area contributed by atoms with Crippen molar-refractivity contribution in [2.75, 3.05) is 0 Å².